The zero-order valence-electron chi connectivity index (χ0n) is 22.8. The third-order valence-corrected chi connectivity index (χ3v) is 8.40. The Hall–Kier alpha value is -4.02. The van der Waals surface area contributed by atoms with Gasteiger partial charge in [0.2, 0.25) is 0 Å². The number of hydrogen-bond acceptors (Lipinski definition) is 5. The van der Waals surface area contributed by atoms with Gasteiger partial charge in [0.15, 0.2) is 0 Å². The molecule has 7 heteroatoms. The van der Waals surface area contributed by atoms with E-state index in [-0.39, 0.29) is 6.04 Å². The predicted molar refractivity (Wildman–Crippen MR) is 137 cm³/mol. The van der Waals surface area contributed by atoms with Crippen LogP contribution in [0.1, 0.15) is 75.5 Å². The summed E-state index contributed by atoms with van der Waals surface area (Å²) in [5.74, 6) is 3.70. The highest BCUT2D eigenvalue weighted by atomic mass is 16.2. The summed E-state index contributed by atoms with van der Waals surface area (Å²) in [5, 5.41) is 0. The Morgan fingerprint density at radius 3 is 2.72 bits per heavy atom. The maximum absolute atomic E-state index is 13.6. The van der Waals surface area contributed by atoms with Gasteiger partial charge < -0.3 is 15.2 Å². The van der Waals surface area contributed by atoms with Gasteiger partial charge in [-0.15, -0.1) is 6.42 Å². The zero-order valence-corrected chi connectivity index (χ0v) is 19.8. The summed E-state index contributed by atoms with van der Waals surface area (Å²) < 4.78 is 26.6. The van der Waals surface area contributed by atoms with Gasteiger partial charge in [0.1, 0.15) is 11.6 Å². The van der Waals surface area contributed by atoms with Crippen molar-refractivity contribution in [1.29, 1.82) is 0 Å². The van der Waals surface area contributed by atoms with Gasteiger partial charge in [0.25, 0.3) is 5.91 Å². The SMILES string of the molecule is [2H]C([2H])([2H])N1C(=O)c2cccc(C#C)c2[C@H]2C[C@@H]1c1nc3ccc(-c4cnc([C@@]5(N)CC[C@@H]5C)nc4)cc3n12. The Balaban J connectivity index is 1.39. The number of imidazole rings is 1. The molecule has 1 aliphatic carbocycles. The standard InChI is InChI=1S/C29H26N6O/c1-4-17-6-5-7-20-25(17)23-13-24(34(3)27(20)36)26-33-21-9-8-18(12-22(21)35(23)26)19-14-31-28(32-15-19)29(30)11-10-16(29)2/h1,5-9,12,14-16,23-24H,10-11,13,30H2,2-3H3/t16-,23+,24+,29+/m0/s1/i3D3. The van der Waals surface area contributed by atoms with Gasteiger partial charge in [-0.3, -0.25) is 4.79 Å². The summed E-state index contributed by atoms with van der Waals surface area (Å²) >= 11 is 0. The van der Waals surface area contributed by atoms with Crippen molar-refractivity contribution < 1.29 is 8.91 Å². The van der Waals surface area contributed by atoms with Gasteiger partial charge in [-0.05, 0) is 48.6 Å². The van der Waals surface area contributed by atoms with Crippen LogP contribution in [0.15, 0.2) is 48.8 Å². The van der Waals surface area contributed by atoms with Crippen molar-refractivity contribution in [2.75, 3.05) is 6.98 Å². The van der Waals surface area contributed by atoms with Crippen molar-refractivity contribution >= 4 is 16.9 Å². The van der Waals surface area contributed by atoms with Crippen LogP contribution in [0.4, 0.5) is 0 Å². The van der Waals surface area contributed by atoms with Crippen LogP contribution in [-0.4, -0.2) is 37.3 Å². The molecule has 7 rings (SSSR count). The lowest BCUT2D eigenvalue weighted by Gasteiger charge is -2.43. The van der Waals surface area contributed by atoms with Gasteiger partial charge in [0, 0.05) is 52.2 Å². The third kappa shape index (κ3) is 2.68. The van der Waals surface area contributed by atoms with Gasteiger partial charge in [0.05, 0.1) is 28.7 Å². The van der Waals surface area contributed by atoms with E-state index in [4.69, 9.17) is 21.3 Å². The van der Waals surface area contributed by atoms with Crippen molar-refractivity contribution in [3.8, 4) is 23.5 Å². The second-order valence-electron chi connectivity index (χ2n) is 10.2. The number of amides is 1. The van der Waals surface area contributed by atoms with Crippen LogP contribution in [-0.2, 0) is 5.54 Å². The predicted octanol–water partition coefficient (Wildman–Crippen LogP) is 4.18. The summed E-state index contributed by atoms with van der Waals surface area (Å²) in [6, 6.07) is 9.98. The van der Waals surface area contributed by atoms with E-state index in [9.17, 15) is 4.79 Å². The van der Waals surface area contributed by atoms with E-state index in [0.717, 1.165) is 34.4 Å². The molecule has 0 spiro atoms. The number of rotatable bonds is 2. The summed E-state index contributed by atoms with van der Waals surface area (Å²) in [6.45, 7) is -0.520. The topological polar surface area (TPSA) is 89.9 Å². The number of benzene rings is 2. The Morgan fingerprint density at radius 1 is 1.19 bits per heavy atom. The monoisotopic (exact) mass is 477 g/mol. The lowest BCUT2D eigenvalue weighted by Crippen LogP contribution is -2.51. The zero-order chi connectivity index (χ0) is 27.3. The molecular formula is C29H26N6O. The van der Waals surface area contributed by atoms with Crippen LogP contribution in [0.3, 0.4) is 0 Å². The van der Waals surface area contributed by atoms with E-state index < -0.39 is 24.5 Å². The molecule has 1 amide bonds. The minimum Gasteiger partial charge on any atom is -0.331 e. The van der Waals surface area contributed by atoms with Crippen molar-refractivity contribution in [2.45, 2.75) is 43.8 Å². The Morgan fingerprint density at radius 2 is 2.03 bits per heavy atom. The molecule has 2 bridgehead atoms. The van der Waals surface area contributed by atoms with Crippen LogP contribution in [0, 0.1) is 18.3 Å². The maximum atomic E-state index is 13.6. The van der Waals surface area contributed by atoms with E-state index >= 15 is 0 Å². The summed E-state index contributed by atoms with van der Waals surface area (Å²) in [7, 11) is 0. The number of terminal acetylenes is 1. The number of carbonyl (C=O) groups is 1. The molecule has 2 aliphatic heterocycles. The average Bonchev–Trinajstić information content (AvgIpc) is 3.43. The molecule has 3 aliphatic rings. The van der Waals surface area contributed by atoms with Crippen molar-refractivity contribution in [3.63, 3.8) is 0 Å². The highest BCUT2D eigenvalue weighted by Gasteiger charge is 2.45. The Bertz CT molecular complexity index is 1720. The van der Waals surface area contributed by atoms with Crippen LogP contribution >= 0.6 is 0 Å². The van der Waals surface area contributed by atoms with Gasteiger partial charge >= 0.3 is 0 Å². The van der Waals surface area contributed by atoms with Gasteiger partial charge in [-0.1, -0.05) is 25.0 Å². The fourth-order valence-electron chi connectivity index (χ4n) is 6.05. The molecule has 178 valence electrons. The fraction of sp³-hybridized carbons (Fsp3) is 0.310. The van der Waals surface area contributed by atoms with E-state index in [0.29, 0.717) is 46.2 Å². The Kier molecular flexibility index (Phi) is 3.68. The van der Waals surface area contributed by atoms with Gasteiger partial charge in [-0.2, -0.15) is 0 Å². The number of hydrogen-bond donors (Lipinski definition) is 1. The minimum absolute atomic E-state index is 0.322. The number of carbonyl (C=O) groups excluding carboxylic acids is 1. The molecule has 2 aromatic carbocycles. The van der Waals surface area contributed by atoms with Crippen molar-refractivity contribution in [3.05, 3.63) is 77.1 Å². The molecule has 7 nitrogen and oxygen atoms in total. The first-order chi connectivity index (χ1) is 18.6. The lowest BCUT2D eigenvalue weighted by molar-refractivity contribution is 0.0734. The maximum Gasteiger partial charge on any atom is 0.254 e. The highest BCUT2D eigenvalue weighted by molar-refractivity contribution is 5.98. The molecule has 36 heavy (non-hydrogen) atoms. The number of fused-ring (bicyclic) bond motifs is 9. The van der Waals surface area contributed by atoms with E-state index in [1.807, 2.05) is 18.2 Å². The Labute approximate surface area is 213 Å². The van der Waals surface area contributed by atoms with Gasteiger partial charge in [-0.25, -0.2) is 15.0 Å². The second kappa shape index (κ2) is 7.25. The average molecular weight is 478 g/mol. The molecule has 2 N–H and O–H groups in total. The first-order valence-corrected chi connectivity index (χ1v) is 12.2. The third-order valence-electron chi connectivity index (χ3n) is 8.40. The number of nitrogens with zero attached hydrogens (tertiary/aromatic N) is 5. The molecule has 0 radical (unpaired) electrons. The first kappa shape index (κ1) is 18.3. The molecule has 4 atom stereocenters. The molecular weight excluding hydrogens is 448 g/mol. The first-order valence-electron chi connectivity index (χ1n) is 13.7. The lowest BCUT2D eigenvalue weighted by atomic mass is 9.68. The quantitative estimate of drug-likeness (QED) is 0.438. The van der Waals surface area contributed by atoms with Crippen LogP contribution in [0.25, 0.3) is 22.2 Å². The summed E-state index contributed by atoms with van der Waals surface area (Å²) in [6.07, 6.45) is 11.8. The number of aromatic nitrogens is 4. The van der Waals surface area contributed by atoms with E-state index in [2.05, 4.69) is 27.4 Å². The number of nitrogens with two attached hydrogens (primary N) is 1. The smallest absolute Gasteiger partial charge is 0.254 e. The second-order valence-corrected chi connectivity index (χ2v) is 10.2. The fourth-order valence-corrected chi connectivity index (χ4v) is 6.05. The van der Waals surface area contributed by atoms with Crippen LogP contribution in [0.5, 0.6) is 0 Å². The van der Waals surface area contributed by atoms with Crippen LogP contribution in [0.2, 0.25) is 0 Å². The summed E-state index contributed by atoms with van der Waals surface area (Å²) in [5.41, 5.74) is 10.9. The molecule has 1 saturated carbocycles. The van der Waals surface area contributed by atoms with Crippen molar-refractivity contribution in [1.82, 2.24) is 24.4 Å². The molecule has 4 heterocycles. The van der Waals surface area contributed by atoms with Crippen LogP contribution < -0.4 is 5.73 Å². The molecule has 1 fully saturated rings. The normalized spacial score (nSPS) is 27.8. The highest BCUT2D eigenvalue weighted by Crippen LogP contribution is 2.48. The molecule has 2 aromatic heterocycles. The van der Waals surface area contributed by atoms with E-state index in [1.165, 1.54) is 0 Å². The molecule has 0 unspecified atom stereocenters. The molecule has 0 saturated heterocycles. The minimum atomic E-state index is -2.64. The summed E-state index contributed by atoms with van der Waals surface area (Å²) in [4.78, 5) is 28.6. The largest absolute Gasteiger partial charge is 0.331 e. The van der Waals surface area contributed by atoms with Crippen molar-refractivity contribution in [2.24, 2.45) is 11.7 Å². The molecule has 4 aromatic rings. The van der Waals surface area contributed by atoms with E-state index in [1.54, 1.807) is 30.6 Å².